The van der Waals surface area contributed by atoms with Crippen molar-refractivity contribution in [2.45, 2.75) is 25.9 Å². The fourth-order valence-electron chi connectivity index (χ4n) is 3.65. The number of para-hydroxylation sites is 1. The Balaban J connectivity index is 1.77. The van der Waals surface area contributed by atoms with E-state index < -0.39 is 11.7 Å². The van der Waals surface area contributed by atoms with E-state index in [4.69, 9.17) is 4.74 Å². The molecule has 1 atom stereocenters. The quantitative estimate of drug-likeness (QED) is 0.549. The van der Waals surface area contributed by atoms with Crippen molar-refractivity contribution in [2.75, 3.05) is 7.11 Å². The maximum absolute atomic E-state index is 13.1. The van der Waals surface area contributed by atoms with Crippen LogP contribution in [0.25, 0.3) is 10.9 Å². The third-order valence-electron chi connectivity index (χ3n) is 5.13. The number of aromatic nitrogens is 4. The van der Waals surface area contributed by atoms with Crippen molar-refractivity contribution < 1.29 is 4.74 Å². The van der Waals surface area contributed by atoms with Gasteiger partial charge in [0, 0.05) is 6.54 Å². The monoisotopic (exact) mass is 390 g/mol. The minimum atomic E-state index is -0.420. The molecule has 2 heterocycles. The van der Waals surface area contributed by atoms with Crippen molar-refractivity contribution in [1.82, 2.24) is 19.1 Å². The third kappa shape index (κ3) is 3.47. The average molecular weight is 390 g/mol. The maximum Gasteiger partial charge on any atom is 0.329 e. The van der Waals surface area contributed by atoms with Crippen LogP contribution >= 0.6 is 0 Å². The smallest absolute Gasteiger partial charge is 0.329 e. The molecule has 2 aromatic carbocycles. The molecule has 0 aliphatic rings. The van der Waals surface area contributed by atoms with E-state index in [2.05, 4.69) is 9.97 Å². The van der Waals surface area contributed by atoms with Crippen LogP contribution in [0.1, 0.15) is 30.6 Å². The molecule has 4 rings (SSSR count). The van der Waals surface area contributed by atoms with Gasteiger partial charge < -0.3 is 14.3 Å². The average Bonchev–Trinajstić information content (AvgIpc) is 3.19. The van der Waals surface area contributed by atoms with Crippen LogP contribution in [0, 0.1) is 0 Å². The maximum atomic E-state index is 13.1. The predicted molar refractivity (Wildman–Crippen MR) is 112 cm³/mol. The first kappa shape index (κ1) is 18.7. The number of fused-ring (bicyclic) bond motifs is 1. The summed E-state index contributed by atoms with van der Waals surface area (Å²) >= 11 is 0. The fourth-order valence-corrected chi connectivity index (χ4v) is 3.65. The standard InChI is InChI=1S/C22H22N4O3/c1-3-19(26-21(27)17-6-4-5-7-18(17)24-22(26)28)20-12-23-14-25(20)13-15-8-10-16(29-2)11-9-15/h4-12,14,19H,3,13H2,1-2H3,(H,24,28). The topological polar surface area (TPSA) is 81.9 Å². The lowest BCUT2D eigenvalue weighted by Gasteiger charge is -2.19. The molecule has 2 aromatic heterocycles. The Hall–Kier alpha value is -3.61. The van der Waals surface area contributed by atoms with Crippen LogP contribution in [0.15, 0.2) is 70.6 Å². The van der Waals surface area contributed by atoms with Gasteiger partial charge in [-0.15, -0.1) is 0 Å². The second kappa shape index (κ2) is 7.79. The molecule has 4 aromatic rings. The molecule has 7 nitrogen and oxygen atoms in total. The Kier molecular flexibility index (Phi) is 5.03. The lowest BCUT2D eigenvalue weighted by molar-refractivity contribution is 0.414. The number of aromatic amines is 1. The predicted octanol–water partition coefficient (Wildman–Crippen LogP) is 2.94. The van der Waals surface area contributed by atoms with Crippen LogP contribution in [0.2, 0.25) is 0 Å². The Morgan fingerprint density at radius 3 is 2.59 bits per heavy atom. The minimum Gasteiger partial charge on any atom is -0.497 e. The second-order valence-electron chi connectivity index (χ2n) is 6.87. The first-order valence-corrected chi connectivity index (χ1v) is 9.49. The zero-order chi connectivity index (χ0) is 20.4. The minimum absolute atomic E-state index is 0.298. The molecular weight excluding hydrogens is 368 g/mol. The molecule has 0 fully saturated rings. The molecule has 0 saturated carbocycles. The summed E-state index contributed by atoms with van der Waals surface area (Å²) in [5.41, 5.74) is 1.71. The largest absolute Gasteiger partial charge is 0.497 e. The Labute approximate surface area is 167 Å². The van der Waals surface area contributed by atoms with Crippen LogP contribution in [-0.4, -0.2) is 26.2 Å². The molecule has 148 valence electrons. The van der Waals surface area contributed by atoms with Gasteiger partial charge in [0.05, 0.1) is 42.3 Å². The summed E-state index contributed by atoms with van der Waals surface area (Å²) in [4.78, 5) is 32.9. The van der Waals surface area contributed by atoms with Gasteiger partial charge in [0.2, 0.25) is 0 Å². The van der Waals surface area contributed by atoms with Crippen molar-refractivity contribution in [3.63, 3.8) is 0 Å². The summed E-state index contributed by atoms with van der Waals surface area (Å²) in [6.07, 6.45) is 4.02. The number of H-pyrrole nitrogens is 1. The van der Waals surface area contributed by atoms with Crippen LogP contribution in [0.3, 0.4) is 0 Å². The highest BCUT2D eigenvalue weighted by atomic mass is 16.5. The number of rotatable bonds is 6. The van der Waals surface area contributed by atoms with E-state index in [1.165, 1.54) is 4.57 Å². The highest BCUT2D eigenvalue weighted by Crippen LogP contribution is 2.21. The van der Waals surface area contributed by atoms with E-state index in [0.29, 0.717) is 23.9 Å². The second-order valence-corrected chi connectivity index (χ2v) is 6.87. The lowest BCUT2D eigenvalue weighted by atomic mass is 10.1. The van der Waals surface area contributed by atoms with Crippen LogP contribution in [-0.2, 0) is 6.54 Å². The number of nitrogens with one attached hydrogen (secondary N) is 1. The number of nitrogens with zero attached hydrogens (tertiary/aromatic N) is 3. The number of hydrogen-bond donors (Lipinski definition) is 1. The number of hydrogen-bond acceptors (Lipinski definition) is 4. The Bertz CT molecular complexity index is 1250. The highest BCUT2D eigenvalue weighted by molar-refractivity contribution is 5.76. The molecule has 7 heteroatoms. The van der Waals surface area contributed by atoms with Gasteiger partial charge in [-0.1, -0.05) is 31.2 Å². The van der Waals surface area contributed by atoms with Gasteiger partial charge in [0.1, 0.15) is 5.75 Å². The van der Waals surface area contributed by atoms with Gasteiger partial charge in [0.15, 0.2) is 0 Å². The van der Waals surface area contributed by atoms with Gasteiger partial charge in [-0.3, -0.25) is 9.36 Å². The van der Waals surface area contributed by atoms with Crippen LogP contribution in [0.4, 0.5) is 0 Å². The first-order valence-electron chi connectivity index (χ1n) is 9.49. The van der Waals surface area contributed by atoms with E-state index in [1.54, 1.807) is 43.9 Å². The van der Waals surface area contributed by atoms with Crippen LogP contribution < -0.4 is 16.0 Å². The lowest BCUT2D eigenvalue weighted by Crippen LogP contribution is -2.39. The highest BCUT2D eigenvalue weighted by Gasteiger charge is 2.21. The van der Waals surface area contributed by atoms with Crippen LogP contribution in [0.5, 0.6) is 5.75 Å². The normalized spacial score (nSPS) is 12.2. The molecule has 29 heavy (non-hydrogen) atoms. The van der Waals surface area contributed by atoms with Crippen molar-refractivity contribution >= 4 is 10.9 Å². The fraction of sp³-hybridized carbons (Fsp3) is 0.227. The molecule has 0 aliphatic heterocycles. The van der Waals surface area contributed by atoms with Gasteiger partial charge in [-0.05, 0) is 36.2 Å². The van der Waals surface area contributed by atoms with E-state index >= 15 is 0 Å². The zero-order valence-electron chi connectivity index (χ0n) is 16.3. The summed E-state index contributed by atoms with van der Waals surface area (Å²) in [5.74, 6) is 0.792. The van der Waals surface area contributed by atoms with Crippen molar-refractivity contribution in [3.8, 4) is 5.75 Å². The Morgan fingerprint density at radius 1 is 1.10 bits per heavy atom. The van der Waals surface area contributed by atoms with Crippen molar-refractivity contribution in [1.29, 1.82) is 0 Å². The molecular formula is C22H22N4O3. The number of benzene rings is 2. The number of ether oxygens (including phenoxy) is 1. The van der Waals surface area contributed by atoms with Gasteiger partial charge in [-0.2, -0.15) is 0 Å². The molecule has 0 bridgehead atoms. The third-order valence-corrected chi connectivity index (χ3v) is 5.13. The van der Waals surface area contributed by atoms with E-state index in [9.17, 15) is 9.59 Å². The van der Waals surface area contributed by atoms with Gasteiger partial charge >= 0.3 is 5.69 Å². The molecule has 0 saturated heterocycles. The Morgan fingerprint density at radius 2 is 1.86 bits per heavy atom. The molecule has 1 N–H and O–H groups in total. The molecule has 0 amide bonds. The van der Waals surface area contributed by atoms with Gasteiger partial charge in [0.25, 0.3) is 5.56 Å². The van der Waals surface area contributed by atoms with Gasteiger partial charge in [-0.25, -0.2) is 9.78 Å². The van der Waals surface area contributed by atoms with Crippen molar-refractivity contribution in [3.05, 3.63) is 93.2 Å². The van der Waals surface area contributed by atoms with Crippen molar-refractivity contribution in [2.24, 2.45) is 0 Å². The summed E-state index contributed by atoms with van der Waals surface area (Å²) in [5, 5.41) is 0.492. The zero-order valence-corrected chi connectivity index (χ0v) is 16.3. The first-order chi connectivity index (χ1) is 14.1. The summed E-state index contributed by atoms with van der Waals surface area (Å²) in [6.45, 7) is 2.53. The van der Waals surface area contributed by atoms with E-state index in [-0.39, 0.29) is 5.56 Å². The number of methoxy groups -OCH3 is 1. The molecule has 1 unspecified atom stereocenters. The molecule has 0 spiro atoms. The molecule has 0 radical (unpaired) electrons. The molecule has 0 aliphatic carbocycles. The summed E-state index contributed by atoms with van der Waals surface area (Å²) in [6, 6.07) is 14.4. The SMILES string of the molecule is CCC(c1cncn1Cc1ccc(OC)cc1)n1c(=O)[nH]c2ccccc2c1=O. The van der Waals surface area contributed by atoms with E-state index in [0.717, 1.165) is 17.0 Å². The summed E-state index contributed by atoms with van der Waals surface area (Å²) < 4.78 is 8.47. The number of imidazole rings is 1. The van der Waals surface area contributed by atoms with E-state index in [1.807, 2.05) is 35.8 Å². The summed E-state index contributed by atoms with van der Waals surface area (Å²) in [7, 11) is 1.63.